The minimum absolute atomic E-state index is 0.594. The summed E-state index contributed by atoms with van der Waals surface area (Å²) in [6, 6.07) is 50.1. The van der Waals surface area contributed by atoms with E-state index in [0.29, 0.717) is 11.1 Å². The summed E-state index contributed by atoms with van der Waals surface area (Å²) in [5.74, 6) is 0. The van der Waals surface area contributed by atoms with Gasteiger partial charge in [-0.15, -0.1) is 0 Å². The van der Waals surface area contributed by atoms with Crippen LogP contribution in [-0.2, 0) is 0 Å². The molecule has 0 saturated heterocycles. The van der Waals surface area contributed by atoms with Gasteiger partial charge < -0.3 is 9.13 Å². The van der Waals surface area contributed by atoms with Gasteiger partial charge in [0.1, 0.15) is 6.07 Å². The van der Waals surface area contributed by atoms with Crippen molar-refractivity contribution in [2.24, 2.45) is 0 Å². The van der Waals surface area contributed by atoms with E-state index in [1.807, 2.05) is 42.5 Å². The van der Waals surface area contributed by atoms with Gasteiger partial charge in [-0.2, -0.15) is 10.5 Å². The van der Waals surface area contributed by atoms with Gasteiger partial charge in [-0.1, -0.05) is 78.9 Å². The van der Waals surface area contributed by atoms with E-state index < -0.39 is 0 Å². The van der Waals surface area contributed by atoms with Crippen LogP contribution in [0, 0.1) is 22.7 Å². The molecule has 4 heteroatoms. The lowest BCUT2D eigenvalue weighted by atomic mass is 9.97. The van der Waals surface area contributed by atoms with Crippen molar-refractivity contribution in [2.45, 2.75) is 0 Å². The van der Waals surface area contributed by atoms with Gasteiger partial charge in [0.2, 0.25) is 0 Å². The minimum atomic E-state index is 0.594. The summed E-state index contributed by atoms with van der Waals surface area (Å²) in [7, 11) is 0. The molecule has 42 heavy (non-hydrogen) atoms. The lowest BCUT2D eigenvalue weighted by Crippen LogP contribution is -1.98. The number of benzene rings is 6. The maximum absolute atomic E-state index is 9.98. The molecule has 0 aliphatic heterocycles. The third-order valence-corrected chi connectivity index (χ3v) is 8.20. The molecular weight excluding hydrogens is 512 g/mol. The fourth-order valence-electron chi connectivity index (χ4n) is 6.47. The second-order valence-electron chi connectivity index (χ2n) is 10.4. The standard InChI is InChI=1S/C38H22N4/c39-23-25-20-21-36-31(22-25)38-30(14-9-19-37(38)41(36)32-15-5-1-10-26(32)24-40)29-13-4-8-18-35(29)42-33-16-6-2-11-27(33)28-12-3-7-17-34(28)42/h1-22H. The Labute approximate surface area is 242 Å². The van der Waals surface area contributed by atoms with E-state index in [-0.39, 0.29) is 0 Å². The van der Waals surface area contributed by atoms with E-state index >= 15 is 0 Å². The van der Waals surface area contributed by atoms with Crippen molar-refractivity contribution in [1.82, 2.24) is 9.13 Å². The maximum atomic E-state index is 9.98. The van der Waals surface area contributed by atoms with E-state index in [9.17, 15) is 10.5 Å². The fraction of sp³-hybridized carbons (Fsp3) is 0. The molecule has 0 bridgehead atoms. The molecule has 2 aromatic heterocycles. The van der Waals surface area contributed by atoms with Gasteiger partial charge in [-0.25, -0.2) is 0 Å². The van der Waals surface area contributed by atoms with Gasteiger partial charge >= 0.3 is 0 Å². The number of rotatable bonds is 3. The van der Waals surface area contributed by atoms with Crippen LogP contribution in [0.3, 0.4) is 0 Å². The third kappa shape index (κ3) is 3.33. The number of para-hydroxylation sites is 4. The smallest absolute Gasteiger partial charge is 0.101 e. The summed E-state index contributed by atoms with van der Waals surface area (Å²) in [4.78, 5) is 0. The summed E-state index contributed by atoms with van der Waals surface area (Å²) < 4.78 is 4.50. The van der Waals surface area contributed by atoms with Crippen LogP contribution in [0.5, 0.6) is 0 Å². The van der Waals surface area contributed by atoms with Crippen LogP contribution in [0.4, 0.5) is 0 Å². The van der Waals surface area contributed by atoms with Crippen LogP contribution >= 0.6 is 0 Å². The lowest BCUT2D eigenvalue weighted by Gasteiger charge is -2.15. The number of aromatic nitrogens is 2. The molecule has 0 radical (unpaired) electrons. The largest absolute Gasteiger partial charge is 0.309 e. The Bertz CT molecular complexity index is 2390. The van der Waals surface area contributed by atoms with Crippen LogP contribution in [0.2, 0.25) is 0 Å². The molecule has 4 nitrogen and oxygen atoms in total. The van der Waals surface area contributed by atoms with Gasteiger partial charge in [-0.05, 0) is 60.2 Å². The first-order valence-electron chi connectivity index (χ1n) is 13.8. The summed E-state index contributed by atoms with van der Waals surface area (Å²) in [5, 5.41) is 24.3. The molecule has 0 spiro atoms. The summed E-state index contributed by atoms with van der Waals surface area (Å²) in [6.07, 6.45) is 0. The van der Waals surface area contributed by atoms with Crippen LogP contribution < -0.4 is 0 Å². The van der Waals surface area contributed by atoms with Gasteiger partial charge in [0.05, 0.1) is 50.6 Å². The van der Waals surface area contributed by atoms with Crippen molar-refractivity contribution < 1.29 is 0 Å². The average molecular weight is 535 g/mol. The normalized spacial score (nSPS) is 11.3. The first-order chi connectivity index (χ1) is 20.8. The lowest BCUT2D eigenvalue weighted by molar-refractivity contribution is 1.17. The van der Waals surface area contributed by atoms with E-state index in [2.05, 4.69) is 112 Å². The van der Waals surface area contributed by atoms with E-state index in [1.54, 1.807) is 0 Å². The number of nitrogens with zero attached hydrogens (tertiary/aromatic N) is 4. The number of fused-ring (bicyclic) bond motifs is 6. The molecule has 2 heterocycles. The molecule has 0 atom stereocenters. The Morgan fingerprint density at radius 2 is 1.00 bits per heavy atom. The van der Waals surface area contributed by atoms with Crippen molar-refractivity contribution >= 4 is 43.6 Å². The zero-order chi connectivity index (χ0) is 28.2. The Morgan fingerprint density at radius 1 is 0.429 bits per heavy atom. The Morgan fingerprint density at radius 3 is 1.74 bits per heavy atom. The summed E-state index contributed by atoms with van der Waals surface area (Å²) >= 11 is 0. The van der Waals surface area contributed by atoms with E-state index in [1.165, 1.54) is 10.8 Å². The van der Waals surface area contributed by atoms with Gasteiger partial charge in [0.25, 0.3) is 0 Å². The van der Waals surface area contributed by atoms with Gasteiger partial charge in [-0.3, -0.25) is 0 Å². The van der Waals surface area contributed by atoms with Crippen molar-refractivity contribution in [2.75, 3.05) is 0 Å². The molecule has 0 N–H and O–H groups in total. The molecule has 0 fully saturated rings. The van der Waals surface area contributed by atoms with Crippen molar-refractivity contribution in [3.05, 3.63) is 145 Å². The maximum Gasteiger partial charge on any atom is 0.101 e. The monoisotopic (exact) mass is 534 g/mol. The predicted octanol–water partition coefficient (Wildman–Crippen LogP) is 9.29. The predicted molar refractivity (Wildman–Crippen MR) is 170 cm³/mol. The van der Waals surface area contributed by atoms with Crippen LogP contribution in [0.1, 0.15) is 11.1 Å². The highest BCUT2D eigenvalue weighted by Crippen LogP contribution is 2.42. The van der Waals surface area contributed by atoms with E-state index in [4.69, 9.17) is 0 Å². The quantitative estimate of drug-likeness (QED) is 0.227. The fourth-order valence-corrected chi connectivity index (χ4v) is 6.47. The molecule has 6 aromatic carbocycles. The molecular formula is C38H22N4. The van der Waals surface area contributed by atoms with Crippen LogP contribution in [-0.4, -0.2) is 9.13 Å². The molecule has 8 rings (SSSR count). The molecule has 0 amide bonds. The first-order valence-corrected chi connectivity index (χ1v) is 13.8. The summed E-state index contributed by atoms with van der Waals surface area (Å²) in [5.41, 5.74) is 9.48. The second-order valence-corrected chi connectivity index (χ2v) is 10.4. The van der Waals surface area contributed by atoms with Crippen molar-refractivity contribution in [3.63, 3.8) is 0 Å². The zero-order valence-electron chi connectivity index (χ0n) is 22.5. The molecule has 0 aliphatic carbocycles. The minimum Gasteiger partial charge on any atom is -0.309 e. The highest BCUT2D eigenvalue weighted by molar-refractivity contribution is 6.17. The number of hydrogen-bond donors (Lipinski definition) is 0. The second kappa shape index (κ2) is 9.24. The van der Waals surface area contributed by atoms with Gasteiger partial charge in [0.15, 0.2) is 0 Å². The van der Waals surface area contributed by atoms with Crippen LogP contribution in [0.15, 0.2) is 133 Å². The van der Waals surface area contributed by atoms with Gasteiger partial charge in [0, 0.05) is 27.1 Å². The summed E-state index contributed by atoms with van der Waals surface area (Å²) in [6.45, 7) is 0. The van der Waals surface area contributed by atoms with Crippen LogP contribution in [0.25, 0.3) is 66.1 Å². The van der Waals surface area contributed by atoms with Crippen molar-refractivity contribution in [3.8, 4) is 34.6 Å². The third-order valence-electron chi connectivity index (χ3n) is 8.20. The van der Waals surface area contributed by atoms with E-state index in [0.717, 1.165) is 55.3 Å². The Balaban J connectivity index is 1.51. The average Bonchev–Trinajstić information content (AvgIpc) is 3.57. The zero-order valence-corrected chi connectivity index (χ0v) is 22.5. The number of nitriles is 2. The highest BCUT2D eigenvalue weighted by atomic mass is 15.0. The molecule has 0 unspecified atom stereocenters. The molecule has 194 valence electrons. The molecule has 0 aliphatic rings. The highest BCUT2D eigenvalue weighted by Gasteiger charge is 2.21. The SMILES string of the molecule is N#Cc1ccc2c(c1)c1c(-c3ccccc3-n3c4ccccc4c4ccccc43)cccc1n2-c1ccccc1C#N. The molecule has 8 aromatic rings. The Kier molecular flexibility index (Phi) is 5.22. The molecule has 0 saturated carbocycles. The number of hydrogen-bond acceptors (Lipinski definition) is 2. The Hall–Kier alpha value is -6.10. The first kappa shape index (κ1) is 23.8. The topological polar surface area (TPSA) is 57.4 Å². The van der Waals surface area contributed by atoms with Crippen molar-refractivity contribution in [1.29, 1.82) is 10.5 Å².